The molecule has 0 radical (unpaired) electrons. The van der Waals surface area contributed by atoms with Gasteiger partial charge in [0.25, 0.3) is 0 Å². The van der Waals surface area contributed by atoms with Crippen molar-refractivity contribution in [3.05, 3.63) is 36.4 Å². The first kappa shape index (κ1) is 11.6. The molecule has 2 aromatic heterocycles. The molecule has 104 valence electrons. The zero-order chi connectivity index (χ0) is 14.1. The Balaban J connectivity index is 1.55. The normalized spacial score (nSPS) is 13.1. The van der Waals surface area contributed by atoms with Crippen LogP contribution in [0.5, 0.6) is 11.5 Å². The van der Waals surface area contributed by atoms with Gasteiger partial charge < -0.3 is 14.5 Å². The lowest BCUT2D eigenvalue weighted by Gasteiger charge is -2.00. The molecule has 0 atom stereocenters. The molecule has 0 unspecified atom stereocenters. The van der Waals surface area contributed by atoms with Gasteiger partial charge in [-0.15, -0.1) is 0 Å². The van der Waals surface area contributed by atoms with Gasteiger partial charge in [-0.25, -0.2) is 15.0 Å². The molecule has 1 aliphatic heterocycles. The smallest absolute Gasteiger partial charge is 0.231 e. The first-order valence-electron chi connectivity index (χ1n) is 6.23. The van der Waals surface area contributed by atoms with Gasteiger partial charge in [-0.05, 0) is 23.8 Å². The number of hydrazone groups is 1. The van der Waals surface area contributed by atoms with Gasteiger partial charge in [0.2, 0.25) is 6.79 Å². The minimum Gasteiger partial charge on any atom is -0.454 e. The zero-order valence-corrected chi connectivity index (χ0v) is 10.8. The van der Waals surface area contributed by atoms with E-state index in [-0.39, 0.29) is 6.79 Å². The average Bonchev–Trinajstić information content (AvgIpc) is 3.15. The fraction of sp³-hybridized carbons (Fsp3) is 0.0769. The monoisotopic (exact) mass is 282 g/mol. The minimum absolute atomic E-state index is 0.257. The summed E-state index contributed by atoms with van der Waals surface area (Å²) in [6.45, 7) is 0.257. The second-order valence-corrected chi connectivity index (χ2v) is 4.31. The number of anilines is 1. The van der Waals surface area contributed by atoms with Crippen LogP contribution in [0.25, 0.3) is 11.2 Å². The lowest BCUT2D eigenvalue weighted by atomic mass is 10.2. The first-order chi connectivity index (χ1) is 10.4. The first-order valence-corrected chi connectivity index (χ1v) is 6.23. The van der Waals surface area contributed by atoms with Gasteiger partial charge in [-0.1, -0.05) is 0 Å². The van der Waals surface area contributed by atoms with E-state index in [0.717, 1.165) is 17.1 Å². The van der Waals surface area contributed by atoms with E-state index >= 15 is 0 Å². The standard InChI is InChI=1S/C13H10N6O2/c1-2-9-10(21-7-20-9)3-8(1)4-18-19-13-11-12(15-5-14-11)16-6-17-13/h1-6H,7H2,(H2,14,15,16,17,19). The molecule has 0 saturated heterocycles. The Morgan fingerprint density at radius 2 is 2.14 bits per heavy atom. The molecular formula is C13H10N6O2. The van der Waals surface area contributed by atoms with Crippen LogP contribution < -0.4 is 14.9 Å². The third-order valence-electron chi connectivity index (χ3n) is 3.00. The molecule has 0 amide bonds. The fourth-order valence-corrected chi connectivity index (χ4v) is 2.01. The zero-order valence-electron chi connectivity index (χ0n) is 10.8. The second-order valence-electron chi connectivity index (χ2n) is 4.31. The molecule has 0 spiro atoms. The van der Waals surface area contributed by atoms with Gasteiger partial charge >= 0.3 is 0 Å². The number of hydrogen-bond donors (Lipinski definition) is 2. The van der Waals surface area contributed by atoms with Crippen molar-refractivity contribution in [2.75, 3.05) is 12.2 Å². The van der Waals surface area contributed by atoms with Crippen LogP contribution in [0, 0.1) is 0 Å². The maximum atomic E-state index is 5.31. The Labute approximate surface area is 118 Å². The van der Waals surface area contributed by atoms with Gasteiger partial charge in [-0.2, -0.15) is 5.10 Å². The highest BCUT2D eigenvalue weighted by Crippen LogP contribution is 2.31. The van der Waals surface area contributed by atoms with Crippen molar-refractivity contribution in [2.24, 2.45) is 5.10 Å². The minimum atomic E-state index is 0.257. The molecule has 0 fully saturated rings. The Morgan fingerprint density at radius 1 is 1.19 bits per heavy atom. The highest BCUT2D eigenvalue weighted by atomic mass is 16.7. The number of hydrogen-bond acceptors (Lipinski definition) is 7. The molecule has 3 aromatic rings. The molecule has 8 nitrogen and oxygen atoms in total. The van der Waals surface area contributed by atoms with Crippen molar-refractivity contribution >= 4 is 23.2 Å². The van der Waals surface area contributed by atoms with E-state index in [1.807, 2.05) is 18.2 Å². The van der Waals surface area contributed by atoms with Crippen molar-refractivity contribution in [3.63, 3.8) is 0 Å². The molecule has 0 aliphatic carbocycles. The maximum absolute atomic E-state index is 5.31. The summed E-state index contributed by atoms with van der Waals surface area (Å²) in [6, 6.07) is 5.60. The molecule has 1 aromatic carbocycles. The number of aromatic nitrogens is 4. The van der Waals surface area contributed by atoms with E-state index in [9.17, 15) is 0 Å². The SMILES string of the molecule is C(=NNc1ncnc2nc[nH]c12)c1ccc2c(c1)OCO2. The molecular weight excluding hydrogens is 272 g/mol. The van der Waals surface area contributed by atoms with Crippen molar-refractivity contribution in [3.8, 4) is 11.5 Å². The van der Waals surface area contributed by atoms with E-state index in [2.05, 4.69) is 30.5 Å². The highest BCUT2D eigenvalue weighted by molar-refractivity contribution is 5.84. The van der Waals surface area contributed by atoms with Crippen LogP contribution in [-0.2, 0) is 0 Å². The van der Waals surface area contributed by atoms with Crippen molar-refractivity contribution in [1.29, 1.82) is 0 Å². The van der Waals surface area contributed by atoms with Crippen LogP contribution in [-0.4, -0.2) is 32.9 Å². The van der Waals surface area contributed by atoms with Gasteiger partial charge in [-0.3, -0.25) is 5.43 Å². The van der Waals surface area contributed by atoms with Crippen LogP contribution >= 0.6 is 0 Å². The van der Waals surface area contributed by atoms with Crippen molar-refractivity contribution in [1.82, 2.24) is 19.9 Å². The van der Waals surface area contributed by atoms with Crippen LogP contribution in [0.1, 0.15) is 5.56 Å². The number of rotatable bonds is 3. The summed E-state index contributed by atoms with van der Waals surface area (Å²) in [7, 11) is 0. The number of ether oxygens (including phenoxy) is 2. The molecule has 4 rings (SSSR count). The maximum Gasteiger partial charge on any atom is 0.231 e. The number of benzene rings is 1. The number of H-pyrrole nitrogens is 1. The molecule has 8 heteroatoms. The van der Waals surface area contributed by atoms with Crippen LogP contribution in [0.4, 0.5) is 5.82 Å². The molecule has 0 saturated carbocycles. The molecule has 3 heterocycles. The Hall–Kier alpha value is -3.16. The highest BCUT2D eigenvalue weighted by Gasteiger charge is 2.12. The molecule has 21 heavy (non-hydrogen) atoms. The lowest BCUT2D eigenvalue weighted by Crippen LogP contribution is -1.95. The molecule has 2 N–H and O–H groups in total. The van der Waals surface area contributed by atoms with Gasteiger partial charge in [0, 0.05) is 0 Å². The number of nitrogens with zero attached hydrogens (tertiary/aromatic N) is 4. The number of fused-ring (bicyclic) bond motifs is 2. The summed E-state index contributed by atoms with van der Waals surface area (Å²) in [4.78, 5) is 15.2. The summed E-state index contributed by atoms with van der Waals surface area (Å²) < 4.78 is 10.6. The summed E-state index contributed by atoms with van der Waals surface area (Å²) in [5, 5.41) is 4.16. The van der Waals surface area contributed by atoms with Gasteiger partial charge in [0.15, 0.2) is 23.0 Å². The van der Waals surface area contributed by atoms with Crippen LogP contribution in [0.2, 0.25) is 0 Å². The Kier molecular flexibility index (Phi) is 2.63. The summed E-state index contributed by atoms with van der Waals surface area (Å²) >= 11 is 0. The van der Waals surface area contributed by atoms with E-state index in [4.69, 9.17) is 9.47 Å². The Bertz CT molecular complexity index is 828. The predicted octanol–water partition coefficient (Wildman–Crippen LogP) is 1.53. The van der Waals surface area contributed by atoms with E-state index < -0.39 is 0 Å². The largest absolute Gasteiger partial charge is 0.454 e. The van der Waals surface area contributed by atoms with Crippen LogP contribution in [0.3, 0.4) is 0 Å². The van der Waals surface area contributed by atoms with E-state index in [1.165, 1.54) is 6.33 Å². The van der Waals surface area contributed by atoms with Gasteiger partial charge in [0.05, 0.1) is 12.5 Å². The average molecular weight is 282 g/mol. The van der Waals surface area contributed by atoms with Crippen molar-refractivity contribution in [2.45, 2.75) is 0 Å². The van der Waals surface area contributed by atoms with E-state index in [1.54, 1.807) is 12.5 Å². The number of imidazole rings is 1. The second kappa shape index (κ2) is 4.75. The lowest BCUT2D eigenvalue weighted by molar-refractivity contribution is 0.174. The predicted molar refractivity (Wildman–Crippen MR) is 75.5 cm³/mol. The van der Waals surface area contributed by atoms with Crippen LogP contribution in [0.15, 0.2) is 36.0 Å². The quantitative estimate of drug-likeness (QED) is 0.558. The molecule has 1 aliphatic rings. The topological polar surface area (TPSA) is 97.3 Å². The number of aromatic amines is 1. The third-order valence-corrected chi connectivity index (χ3v) is 3.00. The third kappa shape index (κ3) is 2.12. The van der Waals surface area contributed by atoms with Crippen molar-refractivity contribution < 1.29 is 9.47 Å². The van der Waals surface area contributed by atoms with E-state index in [0.29, 0.717) is 17.0 Å². The number of nitrogens with one attached hydrogen (secondary N) is 2. The summed E-state index contributed by atoms with van der Waals surface area (Å²) in [5.74, 6) is 2.03. The fourth-order valence-electron chi connectivity index (χ4n) is 2.01. The molecule has 0 bridgehead atoms. The summed E-state index contributed by atoms with van der Waals surface area (Å²) in [5.41, 5.74) is 5.05. The Morgan fingerprint density at radius 3 is 3.14 bits per heavy atom. The summed E-state index contributed by atoms with van der Waals surface area (Å²) in [6.07, 6.45) is 4.67. The van der Waals surface area contributed by atoms with Gasteiger partial charge in [0.1, 0.15) is 11.8 Å².